The summed E-state index contributed by atoms with van der Waals surface area (Å²) in [6.45, 7) is 0.522. The van der Waals surface area contributed by atoms with Gasteiger partial charge in [-0.3, -0.25) is 9.59 Å². The molecule has 3 aliphatic rings. The molecule has 0 heterocycles. The van der Waals surface area contributed by atoms with Crippen molar-refractivity contribution in [2.24, 2.45) is 11.3 Å². The number of hydrogen-bond acceptors (Lipinski definition) is 4. The van der Waals surface area contributed by atoms with Crippen molar-refractivity contribution >= 4 is 18.0 Å². The molecule has 0 aliphatic heterocycles. The molecule has 34 heavy (non-hydrogen) atoms. The van der Waals surface area contributed by atoms with Crippen molar-refractivity contribution in [3.8, 4) is 11.1 Å². The van der Waals surface area contributed by atoms with Crippen LogP contribution < -0.4 is 10.6 Å². The Morgan fingerprint density at radius 2 is 1.62 bits per heavy atom. The standard InChI is InChI=1S/C27H30N2O5/c30-23(31)14-27(12-5-13-27)16-28-25(32)24(17-10-11-17)29-26(33)34-15-22-20-8-3-1-6-18(20)19-7-2-4-9-21(19)22/h1-4,6-9,17,22,24H,5,10-16H2,(H,28,32)(H,29,33)(H,30,31). The van der Waals surface area contributed by atoms with E-state index in [1.807, 2.05) is 24.3 Å². The maximum atomic E-state index is 12.9. The minimum atomic E-state index is -0.843. The number of carboxylic acids is 1. The summed E-state index contributed by atoms with van der Waals surface area (Å²) in [5.41, 5.74) is 4.23. The minimum absolute atomic E-state index is 0.0409. The summed E-state index contributed by atoms with van der Waals surface area (Å²) in [4.78, 5) is 36.8. The minimum Gasteiger partial charge on any atom is -0.481 e. The molecule has 178 valence electrons. The van der Waals surface area contributed by atoms with Gasteiger partial charge in [0.1, 0.15) is 12.6 Å². The second kappa shape index (κ2) is 9.12. The largest absolute Gasteiger partial charge is 0.481 e. The van der Waals surface area contributed by atoms with E-state index in [-0.39, 0.29) is 36.2 Å². The maximum absolute atomic E-state index is 12.9. The van der Waals surface area contributed by atoms with Crippen molar-refractivity contribution in [2.75, 3.05) is 13.2 Å². The van der Waals surface area contributed by atoms with Gasteiger partial charge in [0.2, 0.25) is 5.91 Å². The molecule has 0 radical (unpaired) electrons. The number of fused-ring (bicyclic) bond motifs is 3. The molecule has 2 amide bonds. The lowest BCUT2D eigenvalue weighted by Gasteiger charge is -2.41. The highest BCUT2D eigenvalue weighted by Crippen LogP contribution is 2.45. The van der Waals surface area contributed by atoms with E-state index in [4.69, 9.17) is 4.74 Å². The number of benzene rings is 2. The lowest BCUT2D eigenvalue weighted by Crippen LogP contribution is -2.52. The molecule has 0 bridgehead atoms. The summed E-state index contributed by atoms with van der Waals surface area (Å²) in [5, 5.41) is 14.9. The van der Waals surface area contributed by atoms with Crippen LogP contribution in [0.5, 0.6) is 0 Å². The summed E-state index contributed by atoms with van der Waals surface area (Å²) in [6.07, 6.45) is 3.79. The Balaban J connectivity index is 1.19. The first kappa shape index (κ1) is 22.4. The van der Waals surface area contributed by atoms with Gasteiger partial charge in [0.25, 0.3) is 0 Å². The monoisotopic (exact) mass is 462 g/mol. The number of nitrogens with one attached hydrogen (secondary N) is 2. The third-order valence-electron chi connectivity index (χ3n) is 7.57. The molecule has 2 aromatic rings. The van der Waals surface area contributed by atoms with Crippen LogP contribution in [0.3, 0.4) is 0 Å². The number of amides is 2. The number of ether oxygens (including phenoxy) is 1. The molecule has 7 nitrogen and oxygen atoms in total. The van der Waals surface area contributed by atoms with Gasteiger partial charge in [0.05, 0.1) is 6.42 Å². The Morgan fingerprint density at radius 3 is 2.15 bits per heavy atom. The number of aliphatic carboxylic acids is 1. The summed E-state index contributed by atoms with van der Waals surface area (Å²) >= 11 is 0. The predicted octanol–water partition coefficient (Wildman–Crippen LogP) is 4.06. The van der Waals surface area contributed by atoms with Crippen LogP contribution in [0.4, 0.5) is 4.79 Å². The van der Waals surface area contributed by atoms with Crippen molar-refractivity contribution in [1.82, 2.24) is 10.6 Å². The lowest BCUT2D eigenvalue weighted by atomic mass is 9.66. The summed E-state index contributed by atoms with van der Waals surface area (Å²) < 4.78 is 5.62. The van der Waals surface area contributed by atoms with Crippen LogP contribution >= 0.6 is 0 Å². The third-order valence-corrected chi connectivity index (χ3v) is 7.57. The zero-order valence-electron chi connectivity index (χ0n) is 19.1. The summed E-state index contributed by atoms with van der Waals surface area (Å²) in [6, 6.07) is 15.6. The molecule has 2 saturated carbocycles. The molecule has 3 aliphatic carbocycles. The number of carbonyl (C=O) groups excluding carboxylic acids is 2. The first-order valence-corrected chi connectivity index (χ1v) is 12.1. The van der Waals surface area contributed by atoms with Gasteiger partial charge in [0.15, 0.2) is 0 Å². The number of carboxylic acid groups (broad SMARTS) is 1. The van der Waals surface area contributed by atoms with E-state index in [9.17, 15) is 19.5 Å². The van der Waals surface area contributed by atoms with Crippen LogP contribution in [0.15, 0.2) is 48.5 Å². The molecular formula is C27H30N2O5. The van der Waals surface area contributed by atoms with Crippen LogP contribution in [-0.2, 0) is 14.3 Å². The van der Waals surface area contributed by atoms with Crippen LogP contribution in [0.25, 0.3) is 11.1 Å². The fourth-order valence-corrected chi connectivity index (χ4v) is 5.39. The Morgan fingerprint density at radius 1 is 1.00 bits per heavy atom. The van der Waals surface area contributed by atoms with E-state index in [0.29, 0.717) is 6.54 Å². The zero-order valence-corrected chi connectivity index (χ0v) is 19.1. The molecule has 7 heteroatoms. The van der Waals surface area contributed by atoms with Gasteiger partial charge in [-0.1, -0.05) is 55.0 Å². The molecule has 0 spiro atoms. The average Bonchev–Trinajstić information content (AvgIpc) is 3.60. The van der Waals surface area contributed by atoms with Crippen molar-refractivity contribution in [1.29, 1.82) is 0 Å². The molecule has 1 unspecified atom stereocenters. The molecule has 0 aromatic heterocycles. The quantitative estimate of drug-likeness (QED) is 0.521. The Kier molecular flexibility index (Phi) is 6.02. The fourth-order valence-electron chi connectivity index (χ4n) is 5.39. The van der Waals surface area contributed by atoms with Crippen molar-refractivity contribution < 1.29 is 24.2 Å². The molecule has 5 rings (SSSR count). The van der Waals surface area contributed by atoms with Crippen LogP contribution in [0, 0.1) is 11.3 Å². The second-order valence-corrected chi connectivity index (χ2v) is 9.93. The number of carbonyl (C=O) groups is 3. The highest BCUT2D eigenvalue weighted by atomic mass is 16.5. The van der Waals surface area contributed by atoms with Crippen LogP contribution in [0.1, 0.15) is 55.6 Å². The molecule has 2 fully saturated rings. The van der Waals surface area contributed by atoms with Gasteiger partial charge in [-0.25, -0.2) is 4.79 Å². The van der Waals surface area contributed by atoms with Crippen molar-refractivity contribution in [3.63, 3.8) is 0 Å². The van der Waals surface area contributed by atoms with E-state index in [2.05, 4.69) is 34.9 Å². The number of alkyl carbamates (subject to hydrolysis) is 1. The topological polar surface area (TPSA) is 105 Å². The smallest absolute Gasteiger partial charge is 0.407 e. The SMILES string of the molecule is O=C(O)CC1(CNC(=O)C(NC(=O)OCC2c3ccccc3-c3ccccc32)C2CC2)CCC1. The van der Waals surface area contributed by atoms with Gasteiger partial charge < -0.3 is 20.5 Å². The molecule has 1 atom stereocenters. The van der Waals surface area contributed by atoms with Crippen molar-refractivity contribution in [3.05, 3.63) is 59.7 Å². The van der Waals surface area contributed by atoms with Gasteiger partial charge in [0, 0.05) is 12.5 Å². The molecule has 2 aromatic carbocycles. The van der Waals surface area contributed by atoms with Crippen molar-refractivity contribution in [2.45, 2.75) is 50.5 Å². The normalized spacial score (nSPS) is 18.7. The molecule has 0 saturated heterocycles. The van der Waals surface area contributed by atoms with Gasteiger partial charge in [-0.15, -0.1) is 0 Å². The van der Waals surface area contributed by atoms with Gasteiger partial charge in [-0.05, 0) is 59.3 Å². The maximum Gasteiger partial charge on any atom is 0.407 e. The fraction of sp³-hybridized carbons (Fsp3) is 0.444. The Hall–Kier alpha value is -3.35. The van der Waals surface area contributed by atoms with E-state index in [1.165, 1.54) is 0 Å². The average molecular weight is 463 g/mol. The lowest BCUT2D eigenvalue weighted by molar-refractivity contribution is -0.142. The molecule has 3 N–H and O–H groups in total. The number of rotatable bonds is 9. The summed E-state index contributed by atoms with van der Waals surface area (Å²) in [5.74, 6) is -1.05. The van der Waals surface area contributed by atoms with Gasteiger partial charge in [-0.2, -0.15) is 0 Å². The third kappa shape index (κ3) is 4.52. The van der Waals surface area contributed by atoms with Gasteiger partial charge >= 0.3 is 12.1 Å². The first-order chi connectivity index (χ1) is 16.5. The van der Waals surface area contributed by atoms with E-state index < -0.39 is 18.1 Å². The Labute approximate surface area is 198 Å². The van der Waals surface area contributed by atoms with Crippen LogP contribution in [-0.4, -0.2) is 42.3 Å². The zero-order chi connectivity index (χ0) is 23.7. The Bertz CT molecular complexity index is 1060. The number of hydrogen-bond donors (Lipinski definition) is 3. The van der Waals surface area contributed by atoms with E-state index in [1.54, 1.807) is 0 Å². The van der Waals surface area contributed by atoms with Crippen LogP contribution in [0.2, 0.25) is 0 Å². The highest BCUT2D eigenvalue weighted by molar-refractivity contribution is 5.86. The summed E-state index contributed by atoms with van der Waals surface area (Å²) in [7, 11) is 0. The van der Waals surface area contributed by atoms with E-state index >= 15 is 0 Å². The predicted molar refractivity (Wildman–Crippen MR) is 126 cm³/mol. The first-order valence-electron chi connectivity index (χ1n) is 12.1. The highest BCUT2D eigenvalue weighted by Gasteiger charge is 2.42. The molecular weight excluding hydrogens is 432 g/mol. The second-order valence-electron chi connectivity index (χ2n) is 9.93. The van der Waals surface area contributed by atoms with E-state index in [0.717, 1.165) is 54.4 Å².